The van der Waals surface area contributed by atoms with Gasteiger partial charge in [-0.2, -0.15) is 0 Å². The fourth-order valence-corrected chi connectivity index (χ4v) is 3.33. The highest BCUT2D eigenvalue weighted by molar-refractivity contribution is 7.11. The van der Waals surface area contributed by atoms with Crippen molar-refractivity contribution in [2.45, 2.75) is 32.7 Å². The van der Waals surface area contributed by atoms with Gasteiger partial charge in [0.1, 0.15) is 5.01 Å². The van der Waals surface area contributed by atoms with Gasteiger partial charge in [0.15, 0.2) is 0 Å². The summed E-state index contributed by atoms with van der Waals surface area (Å²) in [6, 6.07) is 0. The summed E-state index contributed by atoms with van der Waals surface area (Å²) < 4.78 is 0. The van der Waals surface area contributed by atoms with Crippen LogP contribution in [0.4, 0.5) is 0 Å². The molecule has 0 aliphatic carbocycles. The first-order valence-electron chi connectivity index (χ1n) is 6.60. The van der Waals surface area contributed by atoms with Gasteiger partial charge >= 0.3 is 0 Å². The number of thiazole rings is 1. The van der Waals surface area contributed by atoms with Crippen LogP contribution in [0.3, 0.4) is 0 Å². The van der Waals surface area contributed by atoms with Crippen LogP contribution in [0.25, 0.3) is 0 Å². The van der Waals surface area contributed by atoms with E-state index < -0.39 is 0 Å². The normalized spacial score (nSPS) is 16.8. The van der Waals surface area contributed by atoms with Gasteiger partial charge in [-0.1, -0.05) is 6.92 Å². The van der Waals surface area contributed by atoms with Crippen molar-refractivity contribution in [1.82, 2.24) is 15.2 Å². The molecular weight excluding hydrogens is 266 g/mol. The standard InChI is InChI=1S/C13H23N3S.ClH/c1-3-12-8-15-13(17-12)10-16(2)9-11-4-6-14-7-5-11;/h8,11,14H,3-7,9-10H2,1-2H3;1H. The van der Waals surface area contributed by atoms with Gasteiger partial charge in [-0.25, -0.2) is 4.98 Å². The van der Waals surface area contributed by atoms with Crippen molar-refractivity contribution in [2.24, 2.45) is 5.92 Å². The van der Waals surface area contributed by atoms with Gasteiger partial charge in [0.25, 0.3) is 0 Å². The highest BCUT2D eigenvalue weighted by Crippen LogP contribution is 2.17. The zero-order valence-electron chi connectivity index (χ0n) is 11.3. The van der Waals surface area contributed by atoms with Gasteiger partial charge < -0.3 is 5.32 Å². The summed E-state index contributed by atoms with van der Waals surface area (Å²) in [7, 11) is 2.22. The molecule has 0 unspecified atom stereocenters. The van der Waals surface area contributed by atoms with Gasteiger partial charge in [0, 0.05) is 17.6 Å². The third kappa shape index (κ3) is 4.84. The maximum Gasteiger partial charge on any atom is 0.107 e. The molecule has 1 aromatic heterocycles. The van der Waals surface area contributed by atoms with Crippen molar-refractivity contribution in [3.05, 3.63) is 16.1 Å². The second-order valence-corrected chi connectivity index (χ2v) is 6.16. The molecule has 3 nitrogen and oxygen atoms in total. The molecule has 0 atom stereocenters. The monoisotopic (exact) mass is 289 g/mol. The minimum atomic E-state index is 0. The quantitative estimate of drug-likeness (QED) is 0.903. The molecule has 0 bridgehead atoms. The Balaban J connectivity index is 0.00000162. The predicted octanol–water partition coefficient (Wildman–Crippen LogP) is 2.56. The van der Waals surface area contributed by atoms with Crippen molar-refractivity contribution in [1.29, 1.82) is 0 Å². The van der Waals surface area contributed by atoms with Crippen LogP contribution in [0.5, 0.6) is 0 Å². The highest BCUT2D eigenvalue weighted by Gasteiger charge is 2.15. The first-order valence-corrected chi connectivity index (χ1v) is 7.42. The lowest BCUT2D eigenvalue weighted by molar-refractivity contribution is 0.234. The summed E-state index contributed by atoms with van der Waals surface area (Å²) in [5, 5.41) is 4.68. The molecule has 0 spiro atoms. The van der Waals surface area contributed by atoms with E-state index in [1.54, 1.807) is 0 Å². The average Bonchev–Trinajstić information content (AvgIpc) is 2.78. The number of aryl methyl sites for hydroxylation is 1. The lowest BCUT2D eigenvalue weighted by Crippen LogP contribution is -2.34. The number of rotatable bonds is 5. The topological polar surface area (TPSA) is 28.2 Å². The van der Waals surface area contributed by atoms with Crippen LogP contribution < -0.4 is 5.32 Å². The molecule has 5 heteroatoms. The van der Waals surface area contributed by atoms with E-state index in [0.717, 1.165) is 18.9 Å². The van der Waals surface area contributed by atoms with E-state index in [-0.39, 0.29) is 12.4 Å². The SMILES string of the molecule is CCc1cnc(CN(C)CC2CCNCC2)s1.Cl. The third-order valence-corrected chi connectivity index (χ3v) is 4.51. The number of aromatic nitrogens is 1. The van der Waals surface area contributed by atoms with Gasteiger partial charge in [-0.3, -0.25) is 4.90 Å². The largest absolute Gasteiger partial charge is 0.317 e. The molecule has 1 aliphatic heterocycles. The van der Waals surface area contributed by atoms with E-state index >= 15 is 0 Å². The maximum absolute atomic E-state index is 4.48. The molecule has 2 heterocycles. The molecule has 1 N–H and O–H groups in total. The summed E-state index contributed by atoms with van der Waals surface area (Å²) >= 11 is 1.86. The molecule has 0 saturated carbocycles. The van der Waals surface area contributed by atoms with Crippen molar-refractivity contribution < 1.29 is 0 Å². The van der Waals surface area contributed by atoms with E-state index in [1.165, 1.54) is 42.4 Å². The second-order valence-electron chi connectivity index (χ2n) is 4.96. The number of halogens is 1. The maximum atomic E-state index is 4.48. The predicted molar refractivity (Wildman–Crippen MR) is 80.7 cm³/mol. The van der Waals surface area contributed by atoms with E-state index in [9.17, 15) is 0 Å². The Kier molecular flexibility index (Phi) is 7.15. The fourth-order valence-electron chi connectivity index (χ4n) is 2.39. The van der Waals surface area contributed by atoms with Crippen LogP contribution in [0.15, 0.2) is 6.20 Å². The molecule has 1 fully saturated rings. The summed E-state index contributed by atoms with van der Waals surface area (Å²) in [6.07, 6.45) is 5.78. The minimum Gasteiger partial charge on any atom is -0.317 e. The second kappa shape index (κ2) is 8.10. The zero-order valence-corrected chi connectivity index (χ0v) is 12.9. The molecule has 104 valence electrons. The van der Waals surface area contributed by atoms with Crippen LogP contribution in [0.1, 0.15) is 29.7 Å². The Bertz CT molecular complexity index is 337. The van der Waals surface area contributed by atoms with Crippen molar-refractivity contribution in [2.75, 3.05) is 26.7 Å². The summed E-state index contributed by atoms with van der Waals surface area (Å²) in [6.45, 7) is 6.79. The van der Waals surface area contributed by atoms with Gasteiger partial charge in [0.2, 0.25) is 0 Å². The lowest BCUT2D eigenvalue weighted by atomic mass is 9.98. The summed E-state index contributed by atoms with van der Waals surface area (Å²) in [4.78, 5) is 8.31. The Morgan fingerprint density at radius 3 is 2.78 bits per heavy atom. The van der Waals surface area contributed by atoms with E-state index in [0.29, 0.717) is 0 Å². The van der Waals surface area contributed by atoms with Crippen molar-refractivity contribution in [3.63, 3.8) is 0 Å². The molecule has 2 rings (SSSR count). The van der Waals surface area contributed by atoms with Gasteiger partial charge in [0.05, 0.1) is 6.54 Å². The van der Waals surface area contributed by atoms with Crippen LogP contribution in [0.2, 0.25) is 0 Å². The summed E-state index contributed by atoms with van der Waals surface area (Å²) in [5.74, 6) is 0.867. The number of piperidine rings is 1. The zero-order chi connectivity index (χ0) is 12.1. The van der Waals surface area contributed by atoms with Crippen LogP contribution in [0, 0.1) is 5.92 Å². The molecule has 18 heavy (non-hydrogen) atoms. The van der Waals surface area contributed by atoms with Crippen molar-refractivity contribution in [3.8, 4) is 0 Å². The van der Waals surface area contributed by atoms with Crippen molar-refractivity contribution >= 4 is 23.7 Å². The Hall–Kier alpha value is -0.160. The Labute approximate surface area is 120 Å². The van der Waals surface area contributed by atoms with Crippen LogP contribution >= 0.6 is 23.7 Å². The van der Waals surface area contributed by atoms with E-state index in [1.807, 2.05) is 17.5 Å². The van der Waals surface area contributed by atoms with E-state index in [4.69, 9.17) is 0 Å². The molecule has 0 amide bonds. The Morgan fingerprint density at radius 1 is 1.44 bits per heavy atom. The molecule has 1 aliphatic rings. The van der Waals surface area contributed by atoms with Crippen LogP contribution in [-0.4, -0.2) is 36.6 Å². The third-order valence-electron chi connectivity index (χ3n) is 3.38. The highest BCUT2D eigenvalue weighted by atomic mass is 35.5. The van der Waals surface area contributed by atoms with E-state index in [2.05, 4.69) is 29.2 Å². The molecule has 1 aromatic rings. The lowest BCUT2D eigenvalue weighted by Gasteiger charge is -2.27. The number of nitrogens with zero attached hydrogens (tertiary/aromatic N) is 2. The average molecular weight is 290 g/mol. The molecule has 0 aromatic carbocycles. The minimum absolute atomic E-state index is 0. The molecule has 0 radical (unpaired) electrons. The van der Waals surface area contributed by atoms with Gasteiger partial charge in [-0.05, 0) is 45.3 Å². The summed E-state index contributed by atoms with van der Waals surface area (Å²) in [5.41, 5.74) is 0. The fraction of sp³-hybridized carbons (Fsp3) is 0.769. The number of hydrogen-bond donors (Lipinski definition) is 1. The van der Waals surface area contributed by atoms with Gasteiger partial charge in [-0.15, -0.1) is 23.7 Å². The number of nitrogens with one attached hydrogen (secondary N) is 1. The molecular formula is C13H24ClN3S. The smallest absolute Gasteiger partial charge is 0.107 e. The first-order chi connectivity index (χ1) is 8.28. The van der Waals surface area contributed by atoms with Crippen LogP contribution in [-0.2, 0) is 13.0 Å². The first kappa shape index (κ1) is 15.9. The Morgan fingerprint density at radius 2 is 2.17 bits per heavy atom. The molecule has 1 saturated heterocycles. The number of hydrogen-bond acceptors (Lipinski definition) is 4.